The molecule has 1 aliphatic heterocycles. The van der Waals surface area contributed by atoms with Gasteiger partial charge in [-0.15, -0.1) is 0 Å². The molecule has 0 unspecified atom stereocenters. The fourth-order valence-corrected chi connectivity index (χ4v) is 3.58. The number of aryl methyl sites for hydroxylation is 1. The van der Waals surface area contributed by atoms with E-state index >= 15 is 0 Å². The molecule has 0 aliphatic carbocycles. The number of rotatable bonds is 10. The van der Waals surface area contributed by atoms with Gasteiger partial charge in [-0.2, -0.15) is 13.2 Å². The molecule has 204 valence electrons. The molecule has 4 N–H and O–H groups in total. The zero-order valence-corrected chi connectivity index (χ0v) is 21.9. The second-order valence-electron chi connectivity index (χ2n) is 7.84. The summed E-state index contributed by atoms with van der Waals surface area (Å²) in [6.45, 7) is 6.18. The van der Waals surface area contributed by atoms with Gasteiger partial charge in [0.25, 0.3) is 5.91 Å². The summed E-state index contributed by atoms with van der Waals surface area (Å²) in [5, 5.41) is 0. The number of anilines is 1. The summed E-state index contributed by atoms with van der Waals surface area (Å²) in [7, 11) is -0.961. The number of amidine groups is 1. The molecule has 0 aromatic heterocycles. The van der Waals surface area contributed by atoms with Crippen molar-refractivity contribution < 1.29 is 32.3 Å². The van der Waals surface area contributed by atoms with Gasteiger partial charge in [0, 0.05) is 30.9 Å². The van der Waals surface area contributed by atoms with Crippen molar-refractivity contribution in [3.63, 3.8) is 0 Å². The molecule has 0 saturated carbocycles. The summed E-state index contributed by atoms with van der Waals surface area (Å²) in [4.78, 5) is 47.9. The molecular formula is C24H28F3N6O4P. The highest BCUT2D eigenvalue weighted by molar-refractivity contribution is 7.39. The van der Waals surface area contributed by atoms with Gasteiger partial charge in [-0.25, -0.2) is 9.98 Å². The molecule has 1 aromatic rings. The van der Waals surface area contributed by atoms with E-state index in [4.69, 9.17) is 15.5 Å². The fourth-order valence-electron chi connectivity index (χ4n) is 3.34. The van der Waals surface area contributed by atoms with Gasteiger partial charge in [0.15, 0.2) is 5.84 Å². The van der Waals surface area contributed by atoms with Crippen LogP contribution in [0, 0.1) is 6.92 Å². The second-order valence-corrected chi connectivity index (χ2v) is 8.61. The Morgan fingerprint density at radius 3 is 2.66 bits per heavy atom. The number of hydrogen-bond acceptors (Lipinski definition) is 9. The van der Waals surface area contributed by atoms with E-state index in [0.29, 0.717) is 28.3 Å². The predicted octanol–water partition coefficient (Wildman–Crippen LogP) is 3.74. The average Bonchev–Trinajstić information content (AvgIpc) is 2.87. The van der Waals surface area contributed by atoms with Gasteiger partial charge in [-0.3, -0.25) is 14.8 Å². The minimum Gasteiger partial charge on any atom is -0.405 e. The van der Waals surface area contributed by atoms with Crippen molar-refractivity contribution in [1.29, 1.82) is 0 Å². The number of allylic oxidation sites excluding steroid dienone is 4. The van der Waals surface area contributed by atoms with Crippen molar-refractivity contribution in [2.24, 2.45) is 25.7 Å². The van der Waals surface area contributed by atoms with Crippen LogP contribution < -0.4 is 10.6 Å². The lowest BCUT2D eigenvalue weighted by atomic mass is 10.1. The van der Waals surface area contributed by atoms with Crippen molar-refractivity contribution in [1.82, 2.24) is 0 Å². The Morgan fingerprint density at radius 1 is 1.37 bits per heavy atom. The van der Waals surface area contributed by atoms with E-state index in [1.54, 1.807) is 38.4 Å². The molecule has 0 fully saturated rings. The number of carbonyl (C=O) groups excluding carboxylic acids is 1. The average molecular weight is 552 g/mol. The first-order valence-electron chi connectivity index (χ1n) is 11.1. The molecule has 10 nitrogen and oxygen atoms in total. The summed E-state index contributed by atoms with van der Waals surface area (Å²) in [6.07, 6.45) is 0.567. The van der Waals surface area contributed by atoms with Crippen LogP contribution in [0.5, 0.6) is 0 Å². The molecule has 0 bridgehead atoms. The highest BCUT2D eigenvalue weighted by Gasteiger charge is 2.33. The highest BCUT2D eigenvalue weighted by Crippen LogP contribution is 2.29. The van der Waals surface area contributed by atoms with Crippen LogP contribution in [0.1, 0.15) is 24.5 Å². The number of nitrogens with zero attached hydrogens (tertiary/aromatic N) is 5. The Balaban J connectivity index is 2.32. The molecule has 1 aromatic carbocycles. The third-order valence-corrected chi connectivity index (χ3v) is 5.60. The maximum Gasteiger partial charge on any atom is 0.433 e. The van der Waals surface area contributed by atoms with Gasteiger partial charge < -0.3 is 24.9 Å². The van der Waals surface area contributed by atoms with E-state index in [1.807, 2.05) is 0 Å². The van der Waals surface area contributed by atoms with E-state index in [9.17, 15) is 18.0 Å². The standard InChI is InChI=1S/C24H28F3N6O4P/c1-15(14-21(29-3)24(25,26)27)18-8-10-31-22(32-18)17-5-6-20(16(2)13-17)33(4)23(34)19(7-9-28)30-11-12-37-38(35)36/h5-7,9-10,13-14,35-36H,3,8,11-12,28H2,1-2,4H3/b9-7?,18-15+,21-14-,30-19?. The van der Waals surface area contributed by atoms with Crippen LogP contribution in [0.3, 0.4) is 0 Å². The van der Waals surface area contributed by atoms with E-state index in [1.165, 1.54) is 17.9 Å². The maximum atomic E-state index is 13.0. The van der Waals surface area contributed by atoms with Crippen LogP contribution >= 0.6 is 8.60 Å². The summed E-state index contributed by atoms with van der Waals surface area (Å²) >= 11 is 0. The lowest BCUT2D eigenvalue weighted by molar-refractivity contribution is -0.112. The number of benzene rings is 1. The first-order chi connectivity index (χ1) is 17.9. The minimum absolute atomic E-state index is 0.00668. The number of carbonyl (C=O) groups is 1. The van der Waals surface area contributed by atoms with Crippen LogP contribution in [0.2, 0.25) is 0 Å². The summed E-state index contributed by atoms with van der Waals surface area (Å²) in [5.74, 6) is -0.154. The van der Waals surface area contributed by atoms with E-state index in [-0.39, 0.29) is 30.9 Å². The highest BCUT2D eigenvalue weighted by atomic mass is 31.2. The van der Waals surface area contributed by atoms with Gasteiger partial charge in [0.05, 0.1) is 18.8 Å². The Bertz CT molecular complexity index is 1240. The number of alkyl halides is 3. The minimum atomic E-state index is -4.63. The van der Waals surface area contributed by atoms with E-state index in [0.717, 1.165) is 12.3 Å². The summed E-state index contributed by atoms with van der Waals surface area (Å²) in [6, 6.07) is 5.13. The Morgan fingerprint density at radius 2 is 2.08 bits per heavy atom. The zero-order valence-electron chi connectivity index (χ0n) is 21.0. The maximum absolute atomic E-state index is 13.0. The second kappa shape index (κ2) is 13.9. The van der Waals surface area contributed by atoms with Crippen LogP contribution in [-0.2, 0) is 9.32 Å². The fraction of sp³-hybridized carbons (Fsp3) is 0.292. The Hall–Kier alpha value is -3.51. The normalized spacial score (nSPS) is 16.2. The number of hydrogen-bond donors (Lipinski definition) is 3. The number of aliphatic imine (C=N–C) groups is 4. The zero-order chi connectivity index (χ0) is 28.5. The topological polar surface area (TPSA) is 145 Å². The lowest BCUT2D eigenvalue weighted by Gasteiger charge is -2.20. The quantitative estimate of drug-likeness (QED) is 0.230. The molecule has 0 radical (unpaired) electrons. The molecule has 0 atom stereocenters. The Kier molecular flexibility index (Phi) is 11.2. The molecule has 38 heavy (non-hydrogen) atoms. The van der Waals surface area contributed by atoms with Gasteiger partial charge in [0.2, 0.25) is 0 Å². The molecule has 0 spiro atoms. The number of amides is 1. The van der Waals surface area contributed by atoms with Crippen LogP contribution in [-0.4, -0.2) is 66.5 Å². The van der Waals surface area contributed by atoms with Crippen molar-refractivity contribution in [2.45, 2.75) is 26.4 Å². The van der Waals surface area contributed by atoms with Crippen molar-refractivity contribution in [3.8, 4) is 0 Å². The van der Waals surface area contributed by atoms with E-state index < -0.39 is 26.4 Å². The van der Waals surface area contributed by atoms with Crippen molar-refractivity contribution in [3.05, 3.63) is 64.6 Å². The molecule has 0 saturated heterocycles. The predicted molar refractivity (Wildman–Crippen MR) is 144 cm³/mol. The van der Waals surface area contributed by atoms with Gasteiger partial charge in [-0.1, -0.05) is 0 Å². The van der Waals surface area contributed by atoms with E-state index in [2.05, 4.69) is 31.2 Å². The van der Waals surface area contributed by atoms with Gasteiger partial charge >= 0.3 is 14.8 Å². The molecule has 2 rings (SSSR count). The van der Waals surface area contributed by atoms with Gasteiger partial charge in [-0.05, 0) is 68.3 Å². The smallest absolute Gasteiger partial charge is 0.405 e. The molecule has 1 aliphatic rings. The summed E-state index contributed by atoms with van der Waals surface area (Å²) in [5.41, 5.74) is 6.92. The monoisotopic (exact) mass is 552 g/mol. The lowest BCUT2D eigenvalue weighted by Crippen LogP contribution is -2.33. The van der Waals surface area contributed by atoms with Crippen molar-refractivity contribution >= 4 is 44.7 Å². The first-order valence-corrected chi connectivity index (χ1v) is 12.2. The van der Waals surface area contributed by atoms with Crippen molar-refractivity contribution in [2.75, 3.05) is 25.1 Å². The molecule has 14 heteroatoms. The third kappa shape index (κ3) is 8.52. The number of halogens is 3. The third-order valence-electron chi connectivity index (χ3n) is 5.18. The van der Waals surface area contributed by atoms with Crippen LogP contribution in [0.25, 0.3) is 0 Å². The van der Waals surface area contributed by atoms with Crippen LogP contribution in [0.4, 0.5) is 18.9 Å². The van der Waals surface area contributed by atoms with Gasteiger partial charge in [0.1, 0.15) is 11.4 Å². The first kappa shape index (κ1) is 30.7. The summed E-state index contributed by atoms with van der Waals surface area (Å²) < 4.78 is 43.8. The Labute approximate surface area is 219 Å². The number of nitrogens with two attached hydrogens (primary N) is 1. The van der Waals surface area contributed by atoms with Crippen LogP contribution in [0.15, 0.2) is 73.5 Å². The largest absolute Gasteiger partial charge is 0.433 e. The molecular weight excluding hydrogens is 524 g/mol. The molecule has 1 heterocycles. The SMILES string of the molecule is C=N/C(=C\C(C)=C1/CC=NC(c2ccc(N(C)C(=O)C(C=CN)=NCCOP(O)O)c(C)c2)=N1)C(F)(F)F. The molecule has 1 amide bonds.